The van der Waals surface area contributed by atoms with Gasteiger partial charge in [-0.1, -0.05) is 0 Å². The largest absolute Gasteiger partial charge is 0.472 e. The average Bonchev–Trinajstić information content (AvgIpc) is 3.38. The smallest absolute Gasteiger partial charge is 0.417 e. The number of aromatic nitrogens is 4. The van der Waals surface area contributed by atoms with Crippen LogP contribution in [-0.2, 0) is 6.18 Å². The van der Waals surface area contributed by atoms with Crippen LogP contribution in [0.1, 0.15) is 40.7 Å². The van der Waals surface area contributed by atoms with Gasteiger partial charge in [0.15, 0.2) is 6.29 Å². The number of pyridine rings is 1. The summed E-state index contributed by atoms with van der Waals surface area (Å²) in [7, 11) is 0. The number of hydrogen-bond donors (Lipinski definition) is 0. The fourth-order valence-electron chi connectivity index (χ4n) is 5.34. The molecule has 1 aromatic carbocycles. The molecule has 2 saturated heterocycles. The zero-order chi connectivity index (χ0) is 24.7. The molecule has 2 bridgehead atoms. The van der Waals surface area contributed by atoms with Crippen molar-refractivity contribution < 1.29 is 27.1 Å². The van der Waals surface area contributed by atoms with E-state index in [0.717, 1.165) is 30.5 Å². The Morgan fingerprint density at radius 2 is 1.89 bits per heavy atom. The average molecular weight is 489 g/mol. The Balaban J connectivity index is 1.51. The molecule has 0 spiro atoms. The van der Waals surface area contributed by atoms with E-state index in [1.807, 2.05) is 17.9 Å². The second kappa shape index (κ2) is 8.94. The van der Waals surface area contributed by atoms with Crippen molar-refractivity contribution in [2.75, 3.05) is 11.6 Å². The SMILES string of the molecule is Cc1cc(N2[C@H](CF)[C@@H]3CC[C@H]2[C@H](Oc2ccc(C(F)(F)F)cn2)C3)c(C=O)c(-n2nccn2)c1. The number of rotatable bonds is 6. The van der Waals surface area contributed by atoms with E-state index < -0.39 is 30.6 Å². The highest BCUT2D eigenvalue weighted by atomic mass is 19.4. The summed E-state index contributed by atoms with van der Waals surface area (Å²) < 4.78 is 59.1. The molecule has 7 nitrogen and oxygen atoms in total. The summed E-state index contributed by atoms with van der Waals surface area (Å²) in [5.74, 6) is 0.0318. The molecule has 2 aliphatic heterocycles. The molecule has 35 heavy (non-hydrogen) atoms. The number of halogens is 4. The normalized spacial score (nSPS) is 24.0. The van der Waals surface area contributed by atoms with Crippen LogP contribution in [0.3, 0.4) is 0 Å². The summed E-state index contributed by atoms with van der Waals surface area (Å²) in [6.45, 7) is 1.27. The van der Waals surface area contributed by atoms with E-state index in [1.54, 1.807) is 6.07 Å². The second-order valence-electron chi connectivity index (χ2n) is 8.96. The Hall–Kier alpha value is -3.50. The molecular formula is C24H23F4N5O2. The fraction of sp³-hybridized carbons (Fsp3) is 0.417. The molecule has 3 fully saturated rings. The number of anilines is 1. The number of piperidine rings is 2. The van der Waals surface area contributed by atoms with Crippen molar-refractivity contribution in [2.45, 2.75) is 50.6 Å². The van der Waals surface area contributed by atoms with Crippen LogP contribution in [-0.4, -0.2) is 51.1 Å². The number of alkyl halides is 4. The fourth-order valence-corrected chi connectivity index (χ4v) is 5.34. The maximum atomic E-state index is 14.4. The lowest BCUT2D eigenvalue weighted by atomic mass is 9.72. The predicted octanol–water partition coefficient (Wildman–Crippen LogP) is 4.58. The van der Waals surface area contributed by atoms with Gasteiger partial charge in [-0.05, 0) is 55.9 Å². The Morgan fingerprint density at radius 1 is 1.14 bits per heavy atom. The zero-order valence-corrected chi connectivity index (χ0v) is 18.8. The summed E-state index contributed by atoms with van der Waals surface area (Å²) in [6.07, 6.45) is 1.60. The van der Waals surface area contributed by atoms with E-state index in [-0.39, 0.29) is 17.8 Å². The summed E-state index contributed by atoms with van der Waals surface area (Å²) in [5, 5.41) is 8.29. The monoisotopic (exact) mass is 489 g/mol. The third-order valence-electron chi connectivity index (χ3n) is 6.86. The van der Waals surface area contributed by atoms with E-state index in [4.69, 9.17) is 4.74 Å². The van der Waals surface area contributed by atoms with Gasteiger partial charge in [0.25, 0.3) is 0 Å². The highest BCUT2D eigenvalue weighted by molar-refractivity contribution is 5.90. The van der Waals surface area contributed by atoms with Crippen LogP contribution < -0.4 is 9.64 Å². The van der Waals surface area contributed by atoms with Crippen molar-refractivity contribution in [3.05, 3.63) is 59.5 Å². The highest BCUT2D eigenvalue weighted by Crippen LogP contribution is 2.45. The first-order valence-corrected chi connectivity index (χ1v) is 11.3. The first kappa shape index (κ1) is 23.3. The topological polar surface area (TPSA) is 73.1 Å². The standard InChI is InChI=1S/C24H23F4N5O2/c1-14-8-19(17(13-34)20(9-14)33-30-6-7-31-33)32-18-4-2-15(21(32)11-25)10-22(18)35-23-5-3-16(12-29-23)24(26,27)28/h3,5-9,12-13,15,18,21-22H,2,4,10-11H2,1H3/t15-,18+,21-,22-/m1/s1. The summed E-state index contributed by atoms with van der Waals surface area (Å²) in [4.78, 5) is 19.4. The maximum absolute atomic E-state index is 14.4. The number of nitrogens with zero attached hydrogens (tertiary/aromatic N) is 5. The Bertz CT molecular complexity index is 1200. The summed E-state index contributed by atoms with van der Waals surface area (Å²) in [6, 6.07) is 5.03. The number of fused-ring (bicyclic) bond motifs is 3. The van der Waals surface area contributed by atoms with Crippen molar-refractivity contribution in [1.82, 2.24) is 20.0 Å². The van der Waals surface area contributed by atoms with Gasteiger partial charge in [0, 0.05) is 12.3 Å². The van der Waals surface area contributed by atoms with Crippen LogP contribution in [0.4, 0.5) is 23.2 Å². The molecule has 0 N–H and O–H groups in total. The van der Waals surface area contributed by atoms with E-state index in [2.05, 4.69) is 15.2 Å². The Kier molecular flexibility index (Phi) is 5.94. The number of aldehydes is 1. The minimum absolute atomic E-state index is 0.0456. The summed E-state index contributed by atoms with van der Waals surface area (Å²) >= 11 is 0. The molecule has 3 aliphatic rings. The maximum Gasteiger partial charge on any atom is 0.417 e. The molecule has 0 unspecified atom stereocenters. The number of hydrogen-bond acceptors (Lipinski definition) is 6. The van der Waals surface area contributed by atoms with Gasteiger partial charge >= 0.3 is 6.18 Å². The number of carbonyl (C=O) groups excluding carboxylic acids is 1. The van der Waals surface area contributed by atoms with Crippen LogP contribution in [0.15, 0.2) is 42.9 Å². The van der Waals surface area contributed by atoms with E-state index in [1.165, 1.54) is 23.3 Å². The minimum Gasteiger partial charge on any atom is -0.472 e. The van der Waals surface area contributed by atoms with Crippen molar-refractivity contribution in [2.24, 2.45) is 5.92 Å². The molecule has 3 aromatic rings. The first-order chi connectivity index (χ1) is 16.8. The first-order valence-electron chi connectivity index (χ1n) is 11.3. The molecule has 6 rings (SSSR count). The second-order valence-corrected chi connectivity index (χ2v) is 8.96. The number of carbonyl (C=O) groups is 1. The Morgan fingerprint density at radius 3 is 2.51 bits per heavy atom. The van der Waals surface area contributed by atoms with Crippen LogP contribution >= 0.6 is 0 Å². The predicted molar refractivity (Wildman–Crippen MR) is 119 cm³/mol. The van der Waals surface area contributed by atoms with Gasteiger partial charge in [-0.3, -0.25) is 4.79 Å². The molecule has 1 aliphatic carbocycles. The number of benzene rings is 1. The quantitative estimate of drug-likeness (QED) is 0.373. The third kappa shape index (κ3) is 4.23. The molecule has 184 valence electrons. The van der Waals surface area contributed by atoms with Crippen LogP contribution in [0.25, 0.3) is 5.69 Å². The summed E-state index contributed by atoms with van der Waals surface area (Å²) in [5.41, 5.74) is 1.38. The van der Waals surface area contributed by atoms with E-state index in [0.29, 0.717) is 29.8 Å². The van der Waals surface area contributed by atoms with Gasteiger partial charge in [-0.2, -0.15) is 28.2 Å². The molecule has 4 heterocycles. The van der Waals surface area contributed by atoms with Gasteiger partial charge in [0.1, 0.15) is 12.8 Å². The highest BCUT2D eigenvalue weighted by Gasteiger charge is 2.49. The van der Waals surface area contributed by atoms with Crippen LogP contribution in [0, 0.1) is 12.8 Å². The lowest BCUT2D eigenvalue weighted by molar-refractivity contribution is -0.137. The molecule has 0 amide bonds. The van der Waals surface area contributed by atoms with Crippen molar-refractivity contribution >= 4 is 12.0 Å². The van der Waals surface area contributed by atoms with Crippen molar-refractivity contribution in [1.29, 1.82) is 0 Å². The van der Waals surface area contributed by atoms with E-state index >= 15 is 0 Å². The van der Waals surface area contributed by atoms with Gasteiger partial charge in [0.2, 0.25) is 5.88 Å². The van der Waals surface area contributed by atoms with Crippen LogP contribution in [0.2, 0.25) is 0 Å². The van der Waals surface area contributed by atoms with E-state index in [9.17, 15) is 22.4 Å². The number of ether oxygens (including phenoxy) is 1. The lowest BCUT2D eigenvalue weighted by Crippen LogP contribution is -2.63. The molecule has 2 aromatic heterocycles. The van der Waals surface area contributed by atoms with Gasteiger partial charge in [-0.25, -0.2) is 9.37 Å². The molecule has 0 radical (unpaired) electrons. The van der Waals surface area contributed by atoms with Crippen molar-refractivity contribution in [3.8, 4) is 11.6 Å². The van der Waals surface area contributed by atoms with Gasteiger partial charge in [0.05, 0.1) is 47.0 Å². The van der Waals surface area contributed by atoms with Gasteiger partial charge < -0.3 is 9.64 Å². The number of aryl methyl sites for hydroxylation is 1. The Labute approximate surface area is 198 Å². The van der Waals surface area contributed by atoms with Crippen molar-refractivity contribution in [3.63, 3.8) is 0 Å². The molecule has 1 saturated carbocycles. The molecule has 11 heteroatoms. The lowest BCUT2D eigenvalue weighted by Gasteiger charge is -2.55. The molecular weight excluding hydrogens is 466 g/mol. The molecule has 4 atom stereocenters. The zero-order valence-electron chi connectivity index (χ0n) is 18.8. The van der Waals surface area contributed by atoms with Crippen LogP contribution in [0.5, 0.6) is 5.88 Å². The minimum atomic E-state index is -4.49. The van der Waals surface area contributed by atoms with Gasteiger partial charge in [-0.15, -0.1) is 0 Å². The third-order valence-corrected chi connectivity index (χ3v) is 6.86.